The molecule has 14 heavy (non-hydrogen) atoms. The van der Waals surface area contributed by atoms with Crippen molar-refractivity contribution in [2.45, 2.75) is 0 Å². The molecule has 0 atom stereocenters. The Hall–Kier alpha value is -1.08. The van der Waals surface area contributed by atoms with E-state index >= 15 is 0 Å². The molecule has 76 valence electrons. The van der Waals surface area contributed by atoms with Crippen molar-refractivity contribution in [2.75, 3.05) is 6.54 Å². The normalized spacial score (nSPS) is 11.4. The maximum atomic E-state index is 11.4. The Morgan fingerprint density at radius 2 is 2.50 bits per heavy atom. The van der Waals surface area contributed by atoms with E-state index in [1.807, 2.05) is 0 Å². The Bertz CT molecular complexity index is 364. The van der Waals surface area contributed by atoms with Gasteiger partial charge in [-0.15, -0.1) is 11.3 Å². The van der Waals surface area contributed by atoms with Crippen molar-refractivity contribution in [3.8, 4) is 0 Å². The van der Waals surface area contributed by atoms with E-state index in [2.05, 4.69) is 26.4 Å². The van der Waals surface area contributed by atoms with Gasteiger partial charge in [-0.1, -0.05) is 5.16 Å². The number of hydrogen-bond acceptors (Lipinski definition) is 4. The fourth-order valence-electron chi connectivity index (χ4n) is 0.742. The van der Waals surface area contributed by atoms with Crippen LogP contribution in [0, 0.1) is 0 Å². The van der Waals surface area contributed by atoms with E-state index in [-0.39, 0.29) is 18.3 Å². The molecule has 0 saturated carbocycles. The number of carbonyl (C=O) groups excluding carboxylic acids is 1. The van der Waals surface area contributed by atoms with Crippen LogP contribution in [-0.4, -0.2) is 23.5 Å². The summed E-state index contributed by atoms with van der Waals surface area (Å²) in [6.07, 6.45) is 0. The smallest absolute Gasteiger partial charge is 0.262 e. The molecule has 0 fully saturated rings. The molecule has 0 aliphatic carbocycles. The first-order valence-electron chi connectivity index (χ1n) is 3.62. The molecule has 0 aliphatic heterocycles. The Morgan fingerprint density at radius 1 is 1.79 bits per heavy atom. The maximum Gasteiger partial charge on any atom is 0.262 e. The van der Waals surface area contributed by atoms with E-state index in [4.69, 9.17) is 10.9 Å². The minimum absolute atomic E-state index is 0.0275. The van der Waals surface area contributed by atoms with E-state index in [1.165, 1.54) is 11.3 Å². The second kappa shape index (κ2) is 4.97. The molecule has 0 unspecified atom stereocenters. The Balaban J connectivity index is 2.56. The molecule has 0 aromatic carbocycles. The lowest BCUT2D eigenvalue weighted by atomic mass is 10.4. The molecule has 0 spiro atoms. The number of halogens is 1. The lowest BCUT2D eigenvalue weighted by Crippen LogP contribution is -2.33. The number of amides is 1. The van der Waals surface area contributed by atoms with Gasteiger partial charge in [0.25, 0.3) is 5.91 Å². The number of amidine groups is 1. The fraction of sp³-hybridized carbons (Fsp3) is 0.143. The largest absolute Gasteiger partial charge is 0.409 e. The predicted octanol–water partition coefficient (Wildman–Crippen LogP) is 0.987. The lowest BCUT2D eigenvalue weighted by molar-refractivity contribution is 0.0962. The van der Waals surface area contributed by atoms with Crippen LogP contribution in [-0.2, 0) is 0 Å². The first-order chi connectivity index (χ1) is 6.65. The SMILES string of the molecule is NC(CNC(=O)c1sccc1Br)=NO. The van der Waals surface area contributed by atoms with Gasteiger partial charge >= 0.3 is 0 Å². The number of oxime groups is 1. The number of hydrogen-bond donors (Lipinski definition) is 3. The van der Waals surface area contributed by atoms with Crippen LogP contribution in [0.4, 0.5) is 0 Å². The molecule has 1 aromatic rings. The molecule has 1 rings (SSSR count). The number of carbonyl (C=O) groups is 1. The molecule has 1 aromatic heterocycles. The topological polar surface area (TPSA) is 87.7 Å². The summed E-state index contributed by atoms with van der Waals surface area (Å²) >= 11 is 4.54. The molecule has 0 aliphatic rings. The first-order valence-corrected chi connectivity index (χ1v) is 5.30. The van der Waals surface area contributed by atoms with Gasteiger partial charge < -0.3 is 16.3 Å². The van der Waals surface area contributed by atoms with Gasteiger partial charge in [-0.2, -0.15) is 0 Å². The van der Waals surface area contributed by atoms with Gasteiger partial charge in [-0.25, -0.2) is 0 Å². The predicted molar refractivity (Wildman–Crippen MR) is 57.8 cm³/mol. The summed E-state index contributed by atoms with van der Waals surface area (Å²) in [6, 6.07) is 1.78. The van der Waals surface area contributed by atoms with Gasteiger partial charge in [0.1, 0.15) is 4.88 Å². The van der Waals surface area contributed by atoms with Crippen molar-refractivity contribution in [3.63, 3.8) is 0 Å². The summed E-state index contributed by atoms with van der Waals surface area (Å²) in [5.41, 5.74) is 5.19. The second-order valence-electron chi connectivity index (χ2n) is 2.37. The van der Waals surface area contributed by atoms with Gasteiger partial charge in [-0.3, -0.25) is 4.79 Å². The van der Waals surface area contributed by atoms with E-state index in [1.54, 1.807) is 11.4 Å². The van der Waals surface area contributed by atoms with Gasteiger partial charge in [0.05, 0.1) is 6.54 Å². The van der Waals surface area contributed by atoms with Crippen molar-refractivity contribution in [3.05, 3.63) is 20.8 Å². The molecule has 0 saturated heterocycles. The lowest BCUT2D eigenvalue weighted by Gasteiger charge is -2.01. The van der Waals surface area contributed by atoms with Gasteiger partial charge in [0, 0.05) is 4.47 Å². The highest BCUT2D eigenvalue weighted by atomic mass is 79.9. The highest BCUT2D eigenvalue weighted by Crippen LogP contribution is 2.21. The monoisotopic (exact) mass is 277 g/mol. The zero-order chi connectivity index (χ0) is 10.6. The van der Waals surface area contributed by atoms with Crippen LogP contribution in [0.5, 0.6) is 0 Å². The van der Waals surface area contributed by atoms with Crippen LogP contribution in [0.3, 0.4) is 0 Å². The van der Waals surface area contributed by atoms with Gasteiger partial charge in [0.2, 0.25) is 0 Å². The third-order valence-electron chi connectivity index (χ3n) is 1.38. The maximum absolute atomic E-state index is 11.4. The third-order valence-corrected chi connectivity index (χ3v) is 3.22. The van der Waals surface area contributed by atoms with Crippen LogP contribution in [0.1, 0.15) is 9.67 Å². The summed E-state index contributed by atoms with van der Waals surface area (Å²) in [4.78, 5) is 12.0. The van der Waals surface area contributed by atoms with Crippen molar-refractivity contribution in [1.82, 2.24) is 5.32 Å². The molecule has 1 heterocycles. The van der Waals surface area contributed by atoms with E-state index in [9.17, 15) is 4.79 Å². The molecule has 5 nitrogen and oxygen atoms in total. The number of thiophene rings is 1. The number of nitrogens with zero attached hydrogens (tertiary/aromatic N) is 1. The van der Waals surface area contributed by atoms with Gasteiger partial charge in [-0.05, 0) is 27.4 Å². The van der Waals surface area contributed by atoms with E-state index in [0.717, 1.165) is 4.47 Å². The number of nitrogens with two attached hydrogens (primary N) is 1. The molecule has 1 amide bonds. The molecule has 7 heteroatoms. The Labute approximate surface area is 92.7 Å². The van der Waals surface area contributed by atoms with Crippen LogP contribution in [0.15, 0.2) is 21.1 Å². The Morgan fingerprint density at radius 3 is 3.00 bits per heavy atom. The van der Waals surface area contributed by atoms with Gasteiger partial charge in [0.15, 0.2) is 5.84 Å². The molecular formula is C7H8BrN3O2S. The summed E-state index contributed by atoms with van der Waals surface area (Å²) in [7, 11) is 0. The number of rotatable bonds is 3. The summed E-state index contributed by atoms with van der Waals surface area (Å²) in [5.74, 6) is -0.287. The van der Waals surface area contributed by atoms with Crippen molar-refractivity contribution >= 4 is 39.0 Å². The van der Waals surface area contributed by atoms with Crippen LogP contribution in [0.25, 0.3) is 0 Å². The molecular weight excluding hydrogens is 270 g/mol. The minimum atomic E-state index is -0.251. The highest BCUT2D eigenvalue weighted by Gasteiger charge is 2.10. The number of nitrogens with one attached hydrogen (secondary N) is 1. The van der Waals surface area contributed by atoms with Crippen molar-refractivity contribution in [2.24, 2.45) is 10.9 Å². The summed E-state index contributed by atoms with van der Waals surface area (Å²) in [6.45, 7) is 0.0275. The van der Waals surface area contributed by atoms with Crippen LogP contribution >= 0.6 is 27.3 Å². The van der Waals surface area contributed by atoms with Crippen LogP contribution in [0.2, 0.25) is 0 Å². The minimum Gasteiger partial charge on any atom is -0.409 e. The van der Waals surface area contributed by atoms with E-state index < -0.39 is 0 Å². The standard InChI is InChI=1S/C7H8BrN3O2S/c8-4-1-2-14-6(4)7(12)10-3-5(9)11-13/h1-2,13H,3H2,(H2,9,11)(H,10,12). The van der Waals surface area contributed by atoms with Crippen molar-refractivity contribution < 1.29 is 10.0 Å². The van der Waals surface area contributed by atoms with Crippen molar-refractivity contribution in [1.29, 1.82) is 0 Å². The molecule has 0 bridgehead atoms. The second-order valence-corrected chi connectivity index (χ2v) is 4.14. The van der Waals surface area contributed by atoms with Crippen LogP contribution < -0.4 is 11.1 Å². The third kappa shape index (κ3) is 2.71. The fourth-order valence-corrected chi connectivity index (χ4v) is 2.21. The highest BCUT2D eigenvalue weighted by molar-refractivity contribution is 9.10. The summed E-state index contributed by atoms with van der Waals surface area (Å²) < 4.78 is 0.736. The molecule has 4 N–H and O–H groups in total. The average molecular weight is 278 g/mol. The average Bonchev–Trinajstić information content (AvgIpc) is 2.60. The van der Waals surface area contributed by atoms with E-state index in [0.29, 0.717) is 4.88 Å². The molecule has 0 radical (unpaired) electrons. The Kier molecular flexibility index (Phi) is 3.90. The first kappa shape index (κ1) is 11.0. The quantitative estimate of drug-likeness (QED) is 0.333. The zero-order valence-electron chi connectivity index (χ0n) is 7.03. The zero-order valence-corrected chi connectivity index (χ0v) is 9.43. The summed E-state index contributed by atoms with van der Waals surface area (Å²) in [5, 5.41) is 15.3.